The zero-order valence-electron chi connectivity index (χ0n) is 17.2. The summed E-state index contributed by atoms with van der Waals surface area (Å²) < 4.78 is 39.1. The molecule has 4 aromatic rings. The molecule has 0 unspecified atom stereocenters. The lowest BCUT2D eigenvalue weighted by Gasteiger charge is -2.10. The molecule has 0 atom stereocenters. The molecule has 1 aromatic heterocycles. The molecule has 0 aliphatic carbocycles. The van der Waals surface area contributed by atoms with Crippen LogP contribution >= 0.6 is 15.9 Å². The van der Waals surface area contributed by atoms with Crippen LogP contribution in [0.4, 0.5) is 14.5 Å². The number of nitrogens with one attached hydrogen (secondary N) is 1. The Bertz CT molecular complexity index is 1360. The lowest BCUT2D eigenvalue weighted by Crippen LogP contribution is -2.10. The van der Waals surface area contributed by atoms with Crippen LogP contribution in [-0.4, -0.2) is 13.0 Å². The van der Waals surface area contributed by atoms with Gasteiger partial charge in [-0.25, -0.2) is 8.78 Å². The molecule has 0 fully saturated rings. The van der Waals surface area contributed by atoms with E-state index < -0.39 is 17.5 Å². The summed E-state index contributed by atoms with van der Waals surface area (Å²) in [4.78, 5) is 12.5. The Labute approximate surface area is 191 Å². The van der Waals surface area contributed by atoms with Gasteiger partial charge in [-0.15, -0.1) is 0 Å². The lowest BCUT2D eigenvalue weighted by molar-refractivity contribution is -0.111. The Hall–Kier alpha value is -3.45. The summed E-state index contributed by atoms with van der Waals surface area (Å²) in [5, 5.41) is 3.29. The summed E-state index contributed by atoms with van der Waals surface area (Å²) in [6, 6.07) is 14.5. The summed E-state index contributed by atoms with van der Waals surface area (Å²) in [5.74, 6) is -1.58. The zero-order chi connectivity index (χ0) is 22.8. The molecule has 0 spiro atoms. The molecule has 0 bridgehead atoms. The summed E-state index contributed by atoms with van der Waals surface area (Å²) >= 11 is 3.48. The minimum absolute atomic E-state index is 0.102. The van der Waals surface area contributed by atoms with Gasteiger partial charge in [-0.1, -0.05) is 28.1 Å². The zero-order valence-corrected chi connectivity index (χ0v) is 18.8. The highest BCUT2D eigenvalue weighted by molar-refractivity contribution is 9.10. The minimum Gasteiger partial charge on any atom is -0.496 e. The molecule has 1 heterocycles. The average molecular weight is 498 g/mol. The molecule has 7 heteroatoms. The van der Waals surface area contributed by atoms with Crippen LogP contribution in [0.15, 0.2) is 75.8 Å². The van der Waals surface area contributed by atoms with Gasteiger partial charge in [0.2, 0.25) is 5.91 Å². The second kappa shape index (κ2) is 8.96. The molecule has 0 radical (unpaired) electrons. The summed E-state index contributed by atoms with van der Waals surface area (Å²) in [7, 11) is 1.53. The van der Waals surface area contributed by atoms with E-state index in [2.05, 4.69) is 21.2 Å². The number of hydrogen-bond acceptors (Lipinski definition) is 3. The molecule has 1 N–H and O–H groups in total. The van der Waals surface area contributed by atoms with E-state index in [1.165, 1.54) is 19.3 Å². The van der Waals surface area contributed by atoms with Crippen molar-refractivity contribution in [1.29, 1.82) is 0 Å². The number of anilines is 1. The molecule has 162 valence electrons. The number of carbonyl (C=O) groups excluding carboxylic acids is 1. The molecule has 0 saturated heterocycles. The fourth-order valence-electron chi connectivity index (χ4n) is 3.45. The van der Waals surface area contributed by atoms with Gasteiger partial charge in [0.15, 0.2) is 0 Å². The van der Waals surface area contributed by atoms with Crippen molar-refractivity contribution in [1.82, 2.24) is 0 Å². The number of hydrogen-bond donors (Lipinski definition) is 1. The Kier molecular flexibility index (Phi) is 6.10. The van der Waals surface area contributed by atoms with Crippen LogP contribution in [0.1, 0.15) is 12.5 Å². The maximum Gasteiger partial charge on any atom is 0.248 e. The topological polar surface area (TPSA) is 51.5 Å². The fraction of sp³-hybridized carbons (Fsp3) is 0.0800. The Morgan fingerprint density at radius 1 is 1.12 bits per heavy atom. The number of methoxy groups -OCH3 is 1. The Morgan fingerprint density at radius 3 is 2.66 bits per heavy atom. The fourth-order valence-corrected chi connectivity index (χ4v) is 3.84. The van der Waals surface area contributed by atoms with Crippen molar-refractivity contribution in [3.05, 3.63) is 88.6 Å². The van der Waals surface area contributed by atoms with Crippen LogP contribution in [0.2, 0.25) is 0 Å². The molecule has 3 aromatic carbocycles. The van der Waals surface area contributed by atoms with Gasteiger partial charge in [0.1, 0.15) is 23.0 Å². The highest BCUT2D eigenvalue weighted by Crippen LogP contribution is 2.38. The molecular weight excluding hydrogens is 480 g/mol. The first-order valence-corrected chi connectivity index (χ1v) is 10.4. The molecule has 0 saturated carbocycles. The van der Waals surface area contributed by atoms with Crippen molar-refractivity contribution in [2.24, 2.45) is 0 Å². The average Bonchev–Trinajstić information content (AvgIpc) is 3.17. The number of fused-ring (bicyclic) bond motifs is 1. The lowest BCUT2D eigenvalue weighted by atomic mass is 9.99. The number of halogens is 3. The molecule has 0 aliphatic rings. The number of benzene rings is 3. The van der Waals surface area contributed by atoms with E-state index in [1.807, 2.05) is 30.3 Å². The molecule has 4 rings (SSSR count). The third kappa shape index (κ3) is 4.43. The van der Waals surface area contributed by atoms with Gasteiger partial charge in [0.05, 0.1) is 19.1 Å². The predicted octanol–water partition coefficient (Wildman–Crippen LogP) is 7.19. The van der Waals surface area contributed by atoms with E-state index in [0.717, 1.165) is 27.1 Å². The summed E-state index contributed by atoms with van der Waals surface area (Å²) in [5.41, 5.74) is 3.70. The van der Waals surface area contributed by atoms with E-state index in [-0.39, 0.29) is 5.69 Å². The van der Waals surface area contributed by atoms with Crippen molar-refractivity contribution in [3.8, 4) is 16.9 Å². The number of furan rings is 1. The van der Waals surface area contributed by atoms with Crippen molar-refractivity contribution >= 4 is 44.1 Å². The monoisotopic (exact) mass is 497 g/mol. The molecule has 32 heavy (non-hydrogen) atoms. The van der Waals surface area contributed by atoms with E-state index in [0.29, 0.717) is 28.5 Å². The second-order valence-electron chi connectivity index (χ2n) is 7.15. The Balaban J connectivity index is 1.71. The van der Waals surface area contributed by atoms with Gasteiger partial charge in [-0.3, -0.25) is 4.79 Å². The third-order valence-corrected chi connectivity index (χ3v) is 5.49. The van der Waals surface area contributed by atoms with Crippen LogP contribution in [0.25, 0.3) is 27.7 Å². The first kappa shape index (κ1) is 21.8. The van der Waals surface area contributed by atoms with E-state index in [4.69, 9.17) is 9.15 Å². The summed E-state index contributed by atoms with van der Waals surface area (Å²) in [6.45, 7) is 1.75. The van der Waals surface area contributed by atoms with Gasteiger partial charge in [0.25, 0.3) is 0 Å². The number of allylic oxidation sites excluding steroid dienone is 1. The van der Waals surface area contributed by atoms with E-state index in [1.54, 1.807) is 19.3 Å². The largest absolute Gasteiger partial charge is 0.496 e. The normalized spacial score (nSPS) is 11.6. The van der Waals surface area contributed by atoms with Gasteiger partial charge < -0.3 is 14.5 Å². The molecule has 4 nitrogen and oxygen atoms in total. The van der Waals surface area contributed by atoms with E-state index in [9.17, 15) is 13.6 Å². The molecular formula is C25H18BrF2NO3. The maximum absolute atomic E-state index is 13.9. The number of amides is 1. The quantitative estimate of drug-likeness (QED) is 0.297. The van der Waals surface area contributed by atoms with Crippen LogP contribution in [0.5, 0.6) is 5.75 Å². The van der Waals surface area contributed by atoms with Crippen LogP contribution < -0.4 is 10.1 Å². The van der Waals surface area contributed by atoms with Crippen molar-refractivity contribution in [2.75, 3.05) is 12.4 Å². The van der Waals surface area contributed by atoms with Gasteiger partial charge >= 0.3 is 0 Å². The van der Waals surface area contributed by atoms with E-state index >= 15 is 0 Å². The summed E-state index contributed by atoms with van der Waals surface area (Å²) in [6.07, 6.45) is 3.02. The van der Waals surface area contributed by atoms with Crippen LogP contribution in [-0.2, 0) is 4.79 Å². The highest BCUT2D eigenvalue weighted by atomic mass is 79.9. The predicted molar refractivity (Wildman–Crippen MR) is 125 cm³/mol. The number of ether oxygens (including phenoxy) is 1. The smallest absolute Gasteiger partial charge is 0.248 e. The van der Waals surface area contributed by atoms with Gasteiger partial charge in [-0.2, -0.15) is 0 Å². The number of rotatable bonds is 5. The van der Waals surface area contributed by atoms with Crippen molar-refractivity contribution in [3.63, 3.8) is 0 Å². The van der Waals surface area contributed by atoms with Crippen molar-refractivity contribution in [2.45, 2.75) is 6.92 Å². The minimum atomic E-state index is -0.847. The molecule has 1 amide bonds. The maximum atomic E-state index is 13.9. The first-order valence-electron chi connectivity index (χ1n) is 9.65. The first-order chi connectivity index (χ1) is 15.4. The SMILES string of the molecule is COc1cc2occ(-c3cccc(Br)c3)c2cc1/C(C)=C/C(=O)Nc1ccc(F)cc1F. The standard InChI is InChI=1S/C25H18BrF2NO3/c1-14(8-25(30)29-22-7-6-17(27)10-21(22)28)18-11-19-20(15-4-3-5-16(26)9-15)13-32-24(19)12-23(18)31-2/h3-13H,1-2H3,(H,29,30)/b14-8+. The van der Waals surface area contributed by atoms with Gasteiger partial charge in [0, 0.05) is 39.2 Å². The van der Waals surface area contributed by atoms with Crippen LogP contribution in [0.3, 0.4) is 0 Å². The highest BCUT2D eigenvalue weighted by Gasteiger charge is 2.15. The van der Waals surface area contributed by atoms with Crippen LogP contribution in [0, 0.1) is 11.6 Å². The van der Waals surface area contributed by atoms with Gasteiger partial charge in [-0.05, 0) is 48.4 Å². The molecule has 0 aliphatic heterocycles. The second-order valence-corrected chi connectivity index (χ2v) is 8.06. The number of carbonyl (C=O) groups is 1. The Morgan fingerprint density at radius 2 is 1.94 bits per heavy atom. The third-order valence-electron chi connectivity index (χ3n) is 4.99. The van der Waals surface area contributed by atoms with Crippen molar-refractivity contribution < 1.29 is 22.7 Å².